The fraction of sp³-hybridized carbons (Fsp3) is 0.667. The van der Waals surface area contributed by atoms with Gasteiger partial charge in [-0.2, -0.15) is 11.8 Å². The number of guanidine groups is 1. The first-order valence-corrected chi connectivity index (χ1v) is 10.5. The molecule has 0 saturated heterocycles. The molecular weight excluding hydrogens is 489 g/mol. The normalized spacial score (nSPS) is 12.0. The Kier molecular flexibility index (Phi) is 10.3. The Hall–Kier alpha value is -1.30. The van der Waals surface area contributed by atoms with Gasteiger partial charge < -0.3 is 19.6 Å². The van der Waals surface area contributed by atoms with E-state index in [1.165, 1.54) is 0 Å². The van der Waals surface area contributed by atoms with Crippen molar-refractivity contribution >= 4 is 41.7 Å². The number of rotatable bonds is 8. The van der Waals surface area contributed by atoms with Gasteiger partial charge in [0, 0.05) is 19.0 Å². The summed E-state index contributed by atoms with van der Waals surface area (Å²) in [7, 11) is 1.94. The highest BCUT2D eigenvalue weighted by molar-refractivity contribution is 14.0. The first kappa shape index (κ1) is 24.7. The molecular formula is C18H32IN7OS. The maximum atomic E-state index is 5.84. The number of nitrogens with zero attached hydrogens (tertiary/aromatic N) is 5. The van der Waals surface area contributed by atoms with Crippen LogP contribution in [0.2, 0.25) is 0 Å². The summed E-state index contributed by atoms with van der Waals surface area (Å²) in [6, 6.07) is 0. The van der Waals surface area contributed by atoms with Gasteiger partial charge in [0.15, 0.2) is 11.8 Å². The van der Waals surface area contributed by atoms with E-state index in [1.54, 1.807) is 6.20 Å². The summed E-state index contributed by atoms with van der Waals surface area (Å²) in [4.78, 5) is 8.99. The zero-order valence-electron chi connectivity index (χ0n) is 17.6. The van der Waals surface area contributed by atoms with Crippen LogP contribution in [0.15, 0.2) is 15.6 Å². The Bertz CT molecular complexity index is 751. The van der Waals surface area contributed by atoms with Crippen LogP contribution < -0.4 is 10.6 Å². The molecule has 0 aliphatic rings. The topological polar surface area (TPSA) is 93.2 Å². The minimum absolute atomic E-state index is 0. The van der Waals surface area contributed by atoms with Crippen molar-refractivity contribution in [2.24, 2.45) is 12.0 Å². The fourth-order valence-electron chi connectivity index (χ4n) is 2.23. The van der Waals surface area contributed by atoms with Crippen molar-refractivity contribution in [1.82, 2.24) is 30.4 Å². The molecule has 0 amide bonds. The van der Waals surface area contributed by atoms with Crippen LogP contribution in [0.25, 0.3) is 0 Å². The van der Waals surface area contributed by atoms with Crippen LogP contribution in [-0.4, -0.2) is 44.3 Å². The lowest BCUT2D eigenvalue weighted by molar-refractivity contribution is 0.379. The molecule has 2 aromatic heterocycles. The summed E-state index contributed by atoms with van der Waals surface area (Å²) < 4.78 is 7.78. The molecule has 0 aliphatic carbocycles. The number of halogens is 1. The third-order valence-electron chi connectivity index (χ3n) is 4.08. The molecule has 2 heterocycles. The van der Waals surface area contributed by atoms with E-state index in [1.807, 2.05) is 30.3 Å². The van der Waals surface area contributed by atoms with E-state index in [0.717, 1.165) is 36.1 Å². The molecule has 0 atom stereocenters. The molecule has 0 aromatic carbocycles. The number of aryl methyl sites for hydroxylation is 1. The molecule has 2 aromatic rings. The summed E-state index contributed by atoms with van der Waals surface area (Å²) >= 11 is 1.84. The largest absolute Gasteiger partial charge is 0.443 e. The van der Waals surface area contributed by atoms with Crippen LogP contribution in [0.4, 0.5) is 0 Å². The van der Waals surface area contributed by atoms with Crippen molar-refractivity contribution in [3.05, 3.63) is 29.5 Å². The van der Waals surface area contributed by atoms with Crippen LogP contribution in [0.1, 0.15) is 50.5 Å². The second kappa shape index (κ2) is 11.6. The van der Waals surface area contributed by atoms with Crippen molar-refractivity contribution in [2.75, 3.05) is 18.6 Å². The Morgan fingerprint density at radius 3 is 2.61 bits per heavy atom. The molecule has 2 N–H and O–H groups in total. The van der Waals surface area contributed by atoms with Gasteiger partial charge in [-0.3, -0.25) is 0 Å². The predicted molar refractivity (Wildman–Crippen MR) is 125 cm³/mol. The zero-order chi connectivity index (χ0) is 19.9. The average Bonchev–Trinajstić information content (AvgIpc) is 3.22. The fourth-order valence-corrected chi connectivity index (χ4v) is 2.67. The molecule has 0 fully saturated rings. The molecule has 0 unspecified atom stereocenters. The molecule has 28 heavy (non-hydrogen) atoms. The predicted octanol–water partition coefficient (Wildman–Crippen LogP) is 3.02. The summed E-state index contributed by atoms with van der Waals surface area (Å²) in [6.07, 6.45) is 4.97. The summed E-state index contributed by atoms with van der Waals surface area (Å²) in [5.74, 6) is 5.04. The van der Waals surface area contributed by atoms with Gasteiger partial charge in [0.25, 0.3) is 0 Å². The number of hydrogen-bond donors (Lipinski definition) is 2. The number of oxazole rings is 1. The summed E-state index contributed by atoms with van der Waals surface area (Å²) in [5, 5.41) is 14.9. The van der Waals surface area contributed by atoms with Gasteiger partial charge in [-0.25, -0.2) is 9.98 Å². The molecule has 0 saturated carbocycles. The maximum Gasteiger partial charge on any atom is 0.213 e. The molecule has 0 bridgehead atoms. The SMILES string of the molecule is CSCCCNC(=NCc1nnc(C)n1C)NCc1ncc(C(C)(C)C)o1.I. The van der Waals surface area contributed by atoms with E-state index in [0.29, 0.717) is 24.9 Å². The molecule has 158 valence electrons. The van der Waals surface area contributed by atoms with Gasteiger partial charge in [0.05, 0.1) is 12.7 Å². The van der Waals surface area contributed by atoms with Gasteiger partial charge in [-0.1, -0.05) is 20.8 Å². The quantitative estimate of drug-likeness (QED) is 0.239. The monoisotopic (exact) mass is 521 g/mol. The van der Waals surface area contributed by atoms with E-state index in [-0.39, 0.29) is 29.4 Å². The number of nitrogens with one attached hydrogen (secondary N) is 2. The molecule has 0 aliphatic heterocycles. The van der Waals surface area contributed by atoms with E-state index in [9.17, 15) is 0 Å². The minimum Gasteiger partial charge on any atom is -0.443 e. The first-order valence-electron chi connectivity index (χ1n) is 9.12. The van der Waals surface area contributed by atoms with E-state index < -0.39 is 0 Å². The van der Waals surface area contributed by atoms with E-state index in [4.69, 9.17) is 4.42 Å². The third kappa shape index (κ3) is 7.61. The first-order chi connectivity index (χ1) is 12.8. The van der Waals surface area contributed by atoms with Gasteiger partial charge in [-0.05, 0) is 25.4 Å². The highest BCUT2D eigenvalue weighted by atomic mass is 127. The lowest BCUT2D eigenvalue weighted by Crippen LogP contribution is -2.37. The summed E-state index contributed by atoms with van der Waals surface area (Å²) in [5.41, 5.74) is -0.0543. The Labute approximate surface area is 188 Å². The zero-order valence-corrected chi connectivity index (χ0v) is 20.7. The third-order valence-corrected chi connectivity index (χ3v) is 4.78. The Morgan fingerprint density at radius 1 is 1.29 bits per heavy atom. The van der Waals surface area contributed by atoms with Crippen molar-refractivity contribution in [3.63, 3.8) is 0 Å². The lowest BCUT2D eigenvalue weighted by Gasteiger charge is -2.13. The van der Waals surface area contributed by atoms with Gasteiger partial charge in [-0.15, -0.1) is 34.2 Å². The Balaban J connectivity index is 0.00000392. The van der Waals surface area contributed by atoms with Crippen molar-refractivity contribution in [2.45, 2.75) is 52.6 Å². The Morgan fingerprint density at radius 2 is 2.04 bits per heavy atom. The van der Waals surface area contributed by atoms with Gasteiger partial charge >= 0.3 is 0 Å². The number of hydrogen-bond acceptors (Lipinski definition) is 6. The van der Waals surface area contributed by atoms with Crippen molar-refractivity contribution < 1.29 is 4.42 Å². The highest BCUT2D eigenvalue weighted by Crippen LogP contribution is 2.22. The van der Waals surface area contributed by atoms with Gasteiger partial charge in [0.2, 0.25) is 5.89 Å². The molecule has 0 radical (unpaired) electrons. The number of aliphatic imine (C=N–C) groups is 1. The highest BCUT2D eigenvalue weighted by Gasteiger charge is 2.19. The van der Waals surface area contributed by atoms with Gasteiger partial charge in [0.1, 0.15) is 18.1 Å². The average molecular weight is 521 g/mol. The van der Waals surface area contributed by atoms with Crippen LogP contribution in [-0.2, 0) is 25.6 Å². The summed E-state index contributed by atoms with van der Waals surface area (Å²) in [6.45, 7) is 10.0. The second-order valence-corrected chi connectivity index (χ2v) is 8.37. The molecule has 0 spiro atoms. The van der Waals surface area contributed by atoms with Crippen LogP contribution >= 0.6 is 35.7 Å². The van der Waals surface area contributed by atoms with E-state index >= 15 is 0 Å². The van der Waals surface area contributed by atoms with Crippen LogP contribution in [0, 0.1) is 6.92 Å². The number of aromatic nitrogens is 4. The van der Waals surface area contributed by atoms with Crippen LogP contribution in [0.5, 0.6) is 0 Å². The smallest absolute Gasteiger partial charge is 0.213 e. The van der Waals surface area contributed by atoms with Crippen molar-refractivity contribution in [1.29, 1.82) is 0 Å². The van der Waals surface area contributed by atoms with E-state index in [2.05, 4.69) is 57.8 Å². The molecule has 2 rings (SSSR count). The minimum atomic E-state index is -0.0543. The standard InChI is InChI=1S/C18H31N7OS.HI/c1-13-23-24-15(25(13)5)11-21-17(19-8-7-9-27-6)22-12-16-20-10-14(26-16)18(2,3)4;/h10H,7-9,11-12H2,1-6H3,(H2,19,21,22);1H. The van der Waals surface area contributed by atoms with Crippen LogP contribution in [0.3, 0.4) is 0 Å². The second-order valence-electron chi connectivity index (χ2n) is 7.38. The van der Waals surface area contributed by atoms with Crippen molar-refractivity contribution in [3.8, 4) is 0 Å². The lowest BCUT2D eigenvalue weighted by atomic mass is 9.94. The molecule has 10 heteroatoms. The number of thioether (sulfide) groups is 1. The maximum absolute atomic E-state index is 5.84. The molecule has 8 nitrogen and oxygen atoms in total.